The Hall–Kier alpha value is -2.84. The average Bonchev–Trinajstić information content (AvgIpc) is 2.80. The number of fused-ring (bicyclic) bond motifs is 1. The SMILES string of the molecule is O=C(O)CCNC(=O)C1CC2(C1)CN(C(=O)CCc1ccc3c(n1)NCCC3)C2c1cc(Cl)cc(Cl)c1. The molecule has 1 saturated carbocycles. The van der Waals surface area contributed by atoms with E-state index in [1.165, 1.54) is 5.56 Å². The van der Waals surface area contributed by atoms with Gasteiger partial charge in [-0.25, -0.2) is 4.98 Å². The van der Waals surface area contributed by atoms with Crippen LogP contribution in [-0.4, -0.2) is 52.4 Å². The predicted octanol–water partition coefficient (Wildman–Crippen LogP) is 4.25. The molecule has 3 N–H and O–H groups in total. The van der Waals surface area contributed by atoms with Gasteiger partial charge in [0.05, 0.1) is 12.5 Å². The number of aliphatic carboxylic acids is 1. The normalized spacial score (nSPS) is 23.9. The Kier molecular flexibility index (Phi) is 7.32. The number of pyridine rings is 1. The van der Waals surface area contributed by atoms with Crippen LogP contribution in [0.3, 0.4) is 0 Å². The lowest BCUT2D eigenvalue weighted by molar-refractivity contribution is -0.182. The third-order valence-electron chi connectivity index (χ3n) is 7.76. The van der Waals surface area contributed by atoms with Crippen LogP contribution >= 0.6 is 23.2 Å². The third kappa shape index (κ3) is 5.41. The second kappa shape index (κ2) is 10.5. The predicted molar refractivity (Wildman–Crippen MR) is 141 cm³/mol. The van der Waals surface area contributed by atoms with Crippen LogP contribution in [0.5, 0.6) is 0 Å². The van der Waals surface area contributed by atoms with Crippen LogP contribution in [0.25, 0.3) is 0 Å². The molecule has 0 bridgehead atoms. The van der Waals surface area contributed by atoms with Crippen LogP contribution in [-0.2, 0) is 27.2 Å². The smallest absolute Gasteiger partial charge is 0.305 e. The first-order chi connectivity index (χ1) is 17.7. The molecule has 37 heavy (non-hydrogen) atoms. The molecule has 3 aliphatic rings. The molecule has 8 nitrogen and oxygen atoms in total. The second-order valence-corrected chi connectivity index (χ2v) is 11.2. The van der Waals surface area contributed by atoms with E-state index >= 15 is 0 Å². The molecule has 1 spiro atoms. The van der Waals surface area contributed by atoms with Crippen molar-refractivity contribution >= 4 is 46.8 Å². The van der Waals surface area contributed by atoms with Crippen molar-refractivity contribution in [2.45, 2.75) is 51.0 Å². The fraction of sp³-hybridized carbons (Fsp3) is 0.481. The molecule has 1 aromatic heterocycles. The first kappa shape index (κ1) is 25.8. The molecule has 1 unspecified atom stereocenters. The summed E-state index contributed by atoms with van der Waals surface area (Å²) in [6.45, 7) is 1.60. The van der Waals surface area contributed by atoms with Gasteiger partial charge in [0.2, 0.25) is 11.8 Å². The minimum Gasteiger partial charge on any atom is -0.481 e. The maximum absolute atomic E-state index is 13.4. The number of anilines is 1. The molecule has 2 amide bonds. The van der Waals surface area contributed by atoms with Gasteiger partial charge in [0, 0.05) is 53.1 Å². The summed E-state index contributed by atoms with van der Waals surface area (Å²) in [4.78, 5) is 43.2. The van der Waals surface area contributed by atoms with E-state index < -0.39 is 5.97 Å². The molecule has 5 rings (SSSR count). The summed E-state index contributed by atoms with van der Waals surface area (Å²) in [5.41, 5.74) is 2.76. The molecule has 1 aliphatic carbocycles. The van der Waals surface area contributed by atoms with Crippen molar-refractivity contribution in [2.75, 3.05) is 25.0 Å². The topological polar surface area (TPSA) is 112 Å². The molecule has 10 heteroatoms. The number of benzene rings is 1. The fourth-order valence-electron chi connectivity index (χ4n) is 6.02. The number of carbonyl (C=O) groups excluding carboxylic acids is 2. The van der Waals surface area contributed by atoms with Gasteiger partial charge in [-0.15, -0.1) is 0 Å². The number of carboxylic acids is 1. The lowest BCUT2D eigenvalue weighted by Gasteiger charge is -2.64. The molecular formula is C27H30Cl2N4O4. The van der Waals surface area contributed by atoms with Gasteiger partial charge in [-0.05, 0) is 67.5 Å². The van der Waals surface area contributed by atoms with Gasteiger partial charge < -0.3 is 20.6 Å². The van der Waals surface area contributed by atoms with E-state index in [1.54, 1.807) is 6.07 Å². The number of nitrogens with one attached hydrogen (secondary N) is 2. The highest BCUT2D eigenvalue weighted by molar-refractivity contribution is 6.34. The van der Waals surface area contributed by atoms with Crippen molar-refractivity contribution in [1.29, 1.82) is 0 Å². The van der Waals surface area contributed by atoms with E-state index in [1.807, 2.05) is 23.1 Å². The maximum Gasteiger partial charge on any atom is 0.305 e. The number of likely N-dealkylation sites (tertiary alicyclic amines) is 1. The summed E-state index contributed by atoms with van der Waals surface area (Å²) >= 11 is 12.6. The summed E-state index contributed by atoms with van der Waals surface area (Å²) in [6, 6.07) is 9.24. The monoisotopic (exact) mass is 544 g/mol. The molecule has 196 valence electrons. The number of rotatable bonds is 8. The summed E-state index contributed by atoms with van der Waals surface area (Å²) in [7, 11) is 0. The lowest BCUT2D eigenvalue weighted by Crippen LogP contribution is -2.66. The molecule has 3 heterocycles. The van der Waals surface area contributed by atoms with Crippen molar-refractivity contribution in [3.05, 3.63) is 57.2 Å². The van der Waals surface area contributed by atoms with Gasteiger partial charge in [-0.2, -0.15) is 0 Å². The molecule has 2 aromatic rings. The minimum atomic E-state index is -0.946. The molecule has 2 aliphatic heterocycles. The van der Waals surface area contributed by atoms with Gasteiger partial charge in [0.25, 0.3) is 0 Å². The fourth-order valence-corrected chi connectivity index (χ4v) is 6.56. The van der Waals surface area contributed by atoms with Gasteiger partial charge >= 0.3 is 5.97 Å². The largest absolute Gasteiger partial charge is 0.481 e. The Labute approximate surface area is 225 Å². The van der Waals surface area contributed by atoms with Crippen LogP contribution in [0, 0.1) is 11.3 Å². The highest BCUT2D eigenvalue weighted by atomic mass is 35.5. The first-order valence-corrected chi connectivity index (χ1v) is 13.5. The van der Waals surface area contributed by atoms with Gasteiger partial charge in [0.15, 0.2) is 0 Å². The highest BCUT2D eigenvalue weighted by Crippen LogP contribution is 2.63. The summed E-state index contributed by atoms with van der Waals surface area (Å²) in [6.07, 6.45) is 4.16. The number of aromatic nitrogens is 1. The highest BCUT2D eigenvalue weighted by Gasteiger charge is 2.62. The van der Waals surface area contributed by atoms with Crippen molar-refractivity contribution in [3.8, 4) is 0 Å². The quantitative estimate of drug-likeness (QED) is 0.458. The van der Waals surface area contributed by atoms with E-state index in [9.17, 15) is 14.4 Å². The van der Waals surface area contributed by atoms with E-state index in [-0.39, 0.29) is 42.2 Å². The van der Waals surface area contributed by atoms with Gasteiger partial charge in [0.1, 0.15) is 5.82 Å². The van der Waals surface area contributed by atoms with E-state index in [2.05, 4.69) is 16.7 Å². The molecule has 0 radical (unpaired) electrons. The zero-order valence-electron chi connectivity index (χ0n) is 20.4. The Balaban J connectivity index is 1.26. The van der Waals surface area contributed by atoms with E-state index in [4.69, 9.17) is 33.3 Å². The number of hydrogen-bond acceptors (Lipinski definition) is 5. The zero-order chi connectivity index (χ0) is 26.2. The molecule has 1 saturated heterocycles. The van der Waals surface area contributed by atoms with Crippen molar-refractivity contribution < 1.29 is 19.5 Å². The lowest BCUT2D eigenvalue weighted by atomic mass is 9.51. The molecule has 1 aromatic carbocycles. The van der Waals surface area contributed by atoms with E-state index in [0.717, 1.165) is 36.5 Å². The second-order valence-electron chi connectivity index (χ2n) is 10.4. The number of carboxylic acid groups (broad SMARTS) is 1. The Bertz CT molecular complexity index is 1210. The van der Waals surface area contributed by atoms with Crippen LogP contribution in [0.2, 0.25) is 10.0 Å². The standard InChI is InChI=1S/C27H30Cl2N4O4/c28-19-10-17(11-20(29)12-19)24-27(13-18(14-27)26(37)31-9-7-23(35)36)15-33(24)22(34)6-5-21-4-3-16-2-1-8-30-25(16)32-21/h3-4,10-12,18,24H,1-2,5-9,13-15H2,(H,30,32)(H,31,37)(H,35,36). The summed E-state index contributed by atoms with van der Waals surface area (Å²) in [5, 5.41) is 15.9. The van der Waals surface area contributed by atoms with E-state index in [0.29, 0.717) is 42.3 Å². The number of hydrogen-bond donors (Lipinski definition) is 3. The first-order valence-electron chi connectivity index (χ1n) is 12.7. The van der Waals surface area contributed by atoms with Crippen molar-refractivity contribution in [3.63, 3.8) is 0 Å². The van der Waals surface area contributed by atoms with Gasteiger partial charge in [-0.1, -0.05) is 29.3 Å². The van der Waals surface area contributed by atoms with Crippen LogP contribution in [0.4, 0.5) is 5.82 Å². The average molecular weight is 545 g/mol. The summed E-state index contributed by atoms with van der Waals surface area (Å²) < 4.78 is 0. The molecule has 2 fully saturated rings. The molecular weight excluding hydrogens is 515 g/mol. The number of nitrogens with zero attached hydrogens (tertiary/aromatic N) is 2. The number of amides is 2. The Morgan fingerprint density at radius 2 is 1.89 bits per heavy atom. The number of halogens is 2. The van der Waals surface area contributed by atoms with Gasteiger partial charge in [-0.3, -0.25) is 14.4 Å². The van der Waals surface area contributed by atoms with Crippen LogP contribution in [0.1, 0.15) is 55.0 Å². The summed E-state index contributed by atoms with van der Waals surface area (Å²) in [5.74, 6) is -0.318. The maximum atomic E-state index is 13.4. The van der Waals surface area contributed by atoms with Crippen molar-refractivity contribution in [1.82, 2.24) is 15.2 Å². The minimum absolute atomic E-state index is 0.0357. The Morgan fingerprint density at radius 1 is 1.14 bits per heavy atom. The van der Waals surface area contributed by atoms with Crippen LogP contribution in [0.15, 0.2) is 30.3 Å². The molecule has 1 atom stereocenters. The zero-order valence-corrected chi connectivity index (χ0v) is 21.9. The Morgan fingerprint density at radius 3 is 2.62 bits per heavy atom. The number of carbonyl (C=O) groups is 3. The van der Waals surface area contributed by atoms with Crippen LogP contribution < -0.4 is 10.6 Å². The van der Waals surface area contributed by atoms with Crippen molar-refractivity contribution in [2.24, 2.45) is 11.3 Å². The third-order valence-corrected chi connectivity index (χ3v) is 8.20. The number of aryl methyl sites for hydroxylation is 2.